The Morgan fingerprint density at radius 1 is 1.24 bits per heavy atom. The number of primary amides is 1. The molecule has 0 bridgehead atoms. The van der Waals surface area contributed by atoms with Crippen LogP contribution in [0.25, 0.3) is 11.1 Å². The molecule has 8 nitrogen and oxygen atoms in total. The van der Waals surface area contributed by atoms with E-state index in [9.17, 15) is 9.90 Å². The maximum atomic E-state index is 11.0. The fourth-order valence-electron chi connectivity index (χ4n) is 2.87. The number of nitrogens with zero attached hydrogens (tertiary/aromatic N) is 3. The number of carbonyl (C=O) groups excluding carboxylic acids is 1. The number of carbonyl (C=O) groups is 1. The van der Waals surface area contributed by atoms with Crippen molar-refractivity contribution < 1.29 is 19.4 Å². The van der Waals surface area contributed by atoms with Gasteiger partial charge in [0.25, 0.3) is 5.91 Å². The number of amides is 1. The Kier molecular flexibility index (Phi) is 6.80. The van der Waals surface area contributed by atoms with E-state index in [4.69, 9.17) is 15.2 Å². The van der Waals surface area contributed by atoms with Crippen LogP contribution in [0.2, 0.25) is 0 Å². The van der Waals surface area contributed by atoms with Crippen molar-refractivity contribution in [2.45, 2.75) is 25.5 Å². The lowest BCUT2D eigenvalue weighted by Gasteiger charge is -2.12. The van der Waals surface area contributed by atoms with Crippen LogP contribution in [-0.2, 0) is 6.54 Å². The monoisotopic (exact) mass is 396 g/mol. The summed E-state index contributed by atoms with van der Waals surface area (Å²) in [6.07, 6.45) is 5.46. The molecule has 1 unspecified atom stereocenters. The zero-order valence-electron chi connectivity index (χ0n) is 16.2. The highest BCUT2D eigenvalue weighted by Crippen LogP contribution is 2.24. The number of methoxy groups -OCH3 is 1. The third-order valence-electron chi connectivity index (χ3n) is 4.37. The first-order chi connectivity index (χ1) is 14.0. The summed E-state index contributed by atoms with van der Waals surface area (Å²) in [5.74, 6) is 0.745. The summed E-state index contributed by atoms with van der Waals surface area (Å²) in [6, 6.07) is 11.5. The smallest absolute Gasteiger partial charge is 0.268 e. The van der Waals surface area contributed by atoms with Gasteiger partial charge in [-0.15, -0.1) is 0 Å². The second kappa shape index (κ2) is 9.70. The van der Waals surface area contributed by atoms with E-state index in [1.54, 1.807) is 17.9 Å². The first-order valence-electron chi connectivity index (χ1n) is 9.28. The molecule has 0 saturated carbocycles. The Hall–Kier alpha value is -3.39. The summed E-state index contributed by atoms with van der Waals surface area (Å²) in [6.45, 7) is 0.831. The van der Waals surface area contributed by atoms with E-state index in [1.807, 2.05) is 36.4 Å². The minimum absolute atomic E-state index is 0.187. The largest absolute Gasteiger partial charge is 0.494 e. The average Bonchev–Trinajstić information content (AvgIpc) is 3.20. The third kappa shape index (κ3) is 5.79. The molecule has 1 atom stereocenters. The minimum Gasteiger partial charge on any atom is -0.494 e. The molecule has 0 radical (unpaired) electrons. The Balaban J connectivity index is 1.45. The molecule has 3 N–H and O–H groups in total. The number of aliphatic hydroxyl groups excluding tert-OH is 1. The number of nitrogens with two attached hydrogens (primary N) is 1. The fourth-order valence-corrected chi connectivity index (χ4v) is 2.87. The first kappa shape index (κ1) is 20.3. The van der Waals surface area contributed by atoms with Crippen LogP contribution in [-0.4, -0.2) is 45.4 Å². The zero-order valence-corrected chi connectivity index (χ0v) is 16.2. The van der Waals surface area contributed by atoms with Gasteiger partial charge in [0.1, 0.15) is 11.4 Å². The van der Waals surface area contributed by atoms with Crippen molar-refractivity contribution in [3.63, 3.8) is 0 Å². The van der Waals surface area contributed by atoms with Crippen LogP contribution in [0.4, 0.5) is 0 Å². The molecular weight excluding hydrogens is 372 g/mol. The van der Waals surface area contributed by atoms with Gasteiger partial charge in [-0.3, -0.25) is 4.79 Å². The molecule has 29 heavy (non-hydrogen) atoms. The lowest BCUT2D eigenvalue weighted by Crippen LogP contribution is -2.16. The number of pyridine rings is 1. The Morgan fingerprint density at radius 2 is 2.10 bits per heavy atom. The van der Waals surface area contributed by atoms with Crippen molar-refractivity contribution in [1.82, 2.24) is 14.5 Å². The molecule has 0 saturated heterocycles. The maximum Gasteiger partial charge on any atom is 0.268 e. The quantitative estimate of drug-likeness (QED) is 0.509. The SMILES string of the molecule is COc1ccc(-c2cccc(OCCCC(O)Cn3cnc(C(N)=O)c3)c2)cn1. The molecule has 3 rings (SSSR count). The van der Waals surface area contributed by atoms with Crippen molar-refractivity contribution >= 4 is 5.91 Å². The van der Waals surface area contributed by atoms with E-state index in [0.29, 0.717) is 31.9 Å². The topological polar surface area (TPSA) is 112 Å². The molecule has 152 valence electrons. The summed E-state index contributed by atoms with van der Waals surface area (Å²) in [4.78, 5) is 19.2. The van der Waals surface area contributed by atoms with E-state index >= 15 is 0 Å². The van der Waals surface area contributed by atoms with Crippen LogP contribution in [0.3, 0.4) is 0 Å². The molecule has 3 aromatic rings. The molecule has 0 aliphatic rings. The normalized spacial score (nSPS) is 11.8. The molecular formula is C21H24N4O4. The number of ether oxygens (including phenoxy) is 2. The molecule has 1 amide bonds. The summed E-state index contributed by atoms with van der Waals surface area (Å²) in [7, 11) is 1.58. The number of rotatable bonds is 10. The number of aromatic nitrogens is 3. The van der Waals surface area contributed by atoms with Crippen molar-refractivity contribution in [1.29, 1.82) is 0 Å². The number of benzene rings is 1. The fraction of sp³-hybridized carbons (Fsp3) is 0.286. The minimum atomic E-state index is -0.584. The van der Waals surface area contributed by atoms with E-state index < -0.39 is 12.0 Å². The molecule has 2 aromatic heterocycles. The summed E-state index contributed by atoms with van der Waals surface area (Å²) in [5, 5.41) is 10.1. The van der Waals surface area contributed by atoms with Gasteiger partial charge in [-0.1, -0.05) is 12.1 Å². The predicted molar refractivity (Wildman–Crippen MR) is 108 cm³/mol. The van der Waals surface area contributed by atoms with Crippen molar-refractivity contribution in [3.8, 4) is 22.8 Å². The van der Waals surface area contributed by atoms with Gasteiger partial charge in [-0.05, 0) is 36.6 Å². The van der Waals surface area contributed by atoms with Crippen LogP contribution in [0.1, 0.15) is 23.3 Å². The Morgan fingerprint density at radius 3 is 2.79 bits per heavy atom. The summed E-state index contributed by atoms with van der Waals surface area (Å²) in [5.41, 5.74) is 7.33. The molecule has 8 heteroatoms. The molecule has 1 aromatic carbocycles. The lowest BCUT2D eigenvalue weighted by atomic mass is 10.1. The van der Waals surface area contributed by atoms with Gasteiger partial charge in [0, 0.05) is 30.6 Å². The van der Waals surface area contributed by atoms with Gasteiger partial charge in [0.15, 0.2) is 0 Å². The molecule has 2 heterocycles. The summed E-state index contributed by atoms with van der Waals surface area (Å²) >= 11 is 0. The van der Waals surface area contributed by atoms with E-state index in [-0.39, 0.29) is 5.69 Å². The van der Waals surface area contributed by atoms with Gasteiger partial charge < -0.3 is 24.9 Å². The van der Waals surface area contributed by atoms with Crippen LogP contribution in [0, 0.1) is 0 Å². The van der Waals surface area contributed by atoms with Gasteiger partial charge in [-0.25, -0.2) is 9.97 Å². The maximum absolute atomic E-state index is 11.0. The highest BCUT2D eigenvalue weighted by molar-refractivity contribution is 5.90. The Labute approximate surface area is 168 Å². The van der Waals surface area contributed by atoms with Crippen molar-refractivity contribution in [3.05, 3.63) is 60.8 Å². The molecule has 0 aliphatic carbocycles. The van der Waals surface area contributed by atoms with Gasteiger partial charge in [0.05, 0.1) is 26.1 Å². The molecule has 0 fully saturated rings. The first-order valence-corrected chi connectivity index (χ1v) is 9.28. The van der Waals surface area contributed by atoms with Crippen LogP contribution in [0.15, 0.2) is 55.1 Å². The average molecular weight is 396 g/mol. The molecule has 0 spiro atoms. The number of hydrogen-bond donors (Lipinski definition) is 2. The van der Waals surface area contributed by atoms with Crippen molar-refractivity contribution in [2.75, 3.05) is 13.7 Å². The second-order valence-corrected chi connectivity index (χ2v) is 6.58. The van der Waals surface area contributed by atoms with Crippen LogP contribution >= 0.6 is 0 Å². The predicted octanol–water partition coefficient (Wildman–Crippen LogP) is 2.27. The Bertz CT molecular complexity index is 940. The van der Waals surface area contributed by atoms with Crippen LogP contribution < -0.4 is 15.2 Å². The van der Waals surface area contributed by atoms with Crippen molar-refractivity contribution in [2.24, 2.45) is 5.73 Å². The third-order valence-corrected chi connectivity index (χ3v) is 4.37. The summed E-state index contributed by atoms with van der Waals surface area (Å²) < 4.78 is 12.5. The van der Waals surface area contributed by atoms with Gasteiger partial charge in [0.2, 0.25) is 5.88 Å². The molecule has 0 aliphatic heterocycles. The standard InChI is InChI=1S/C21H24N4O4/c1-28-20-8-7-16(11-23-20)15-4-2-6-18(10-15)29-9-3-5-17(26)12-25-13-19(21(22)27)24-14-25/h2,4,6-8,10-11,13-14,17,26H,3,5,9,12H2,1H3,(H2,22,27). The van der Waals surface area contributed by atoms with E-state index in [1.165, 1.54) is 12.5 Å². The second-order valence-electron chi connectivity index (χ2n) is 6.58. The number of hydrogen-bond acceptors (Lipinski definition) is 6. The van der Waals surface area contributed by atoms with Gasteiger partial charge >= 0.3 is 0 Å². The number of aliphatic hydroxyl groups is 1. The van der Waals surface area contributed by atoms with E-state index in [2.05, 4.69) is 9.97 Å². The van der Waals surface area contributed by atoms with Crippen LogP contribution in [0.5, 0.6) is 11.6 Å². The number of imidazole rings is 1. The van der Waals surface area contributed by atoms with Gasteiger partial charge in [-0.2, -0.15) is 0 Å². The zero-order chi connectivity index (χ0) is 20.6. The highest BCUT2D eigenvalue weighted by atomic mass is 16.5. The highest BCUT2D eigenvalue weighted by Gasteiger charge is 2.09. The lowest BCUT2D eigenvalue weighted by molar-refractivity contribution is 0.0995. The van der Waals surface area contributed by atoms with E-state index in [0.717, 1.165) is 16.9 Å².